The lowest BCUT2D eigenvalue weighted by atomic mass is 10.1. The van der Waals surface area contributed by atoms with E-state index < -0.39 is 5.97 Å². The first-order valence-electron chi connectivity index (χ1n) is 10.6. The first-order chi connectivity index (χ1) is 15.1. The molecule has 1 aromatic carbocycles. The molecule has 0 fully saturated rings. The van der Waals surface area contributed by atoms with E-state index >= 15 is 0 Å². The van der Waals surface area contributed by atoms with Gasteiger partial charge < -0.3 is 14.2 Å². The van der Waals surface area contributed by atoms with Crippen LogP contribution in [-0.4, -0.2) is 39.4 Å². The summed E-state index contributed by atoms with van der Waals surface area (Å²) in [5, 5.41) is 7.04. The molecular weight excluding hydrogens is 400 g/mol. The summed E-state index contributed by atoms with van der Waals surface area (Å²) in [5.74, 6) is 0.786. The lowest BCUT2D eigenvalue weighted by Crippen LogP contribution is -2.07. The van der Waals surface area contributed by atoms with Gasteiger partial charge in [-0.15, -0.1) is 0 Å². The number of nitrogens with zero attached hydrogens (tertiary/aromatic N) is 6. The molecule has 0 aromatic heterocycles. The fourth-order valence-electron chi connectivity index (χ4n) is 2.93. The molecule has 31 heavy (non-hydrogen) atoms. The first kappa shape index (κ1) is 25.9. The smallest absolute Gasteiger partial charge is 0.338 e. The summed E-state index contributed by atoms with van der Waals surface area (Å²) in [7, 11) is 1.34. The maximum absolute atomic E-state index is 12.0. The Kier molecular flexibility index (Phi) is 14.0. The van der Waals surface area contributed by atoms with Crippen LogP contribution >= 0.6 is 0 Å². The van der Waals surface area contributed by atoms with Gasteiger partial charge in [0.25, 0.3) is 0 Å². The van der Waals surface area contributed by atoms with Gasteiger partial charge in [0.15, 0.2) is 0 Å². The normalized spacial score (nSPS) is 10.0. The van der Waals surface area contributed by atoms with Crippen molar-refractivity contribution < 1.29 is 19.0 Å². The van der Waals surface area contributed by atoms with E-state index in [1.807, 2.05) is 6.92 Å². The van der Waals surface area contributed by atoms with Crippen LogP contribution in [-0.2, 0) is 4.74 Å². The second kappa shape index (κ2) is 16.7. The Hall–Kier alpha value is -3.09. The van der Waals surface area contributed by atoms with E-state index in [4.69, 9.17) is 25.3 Å². The molecule has 0 spiro atoms. The second-order valence-corrected chi connectivity index (χ2v) is 7.02. The molecular formula is C21H32N6O4. The molecule has 0 radical (unpaired) electrons. The van der Waals surface area contributed by atoms with Crippen LogP contribution in [0.15, 0.2) is 22.4 Å². The Bertz CT molecular complexity index is 720. The Morgan fingerprint density at radius 1 is 0.839 bits per heavy atom. The third kappa shape index (κ3) is 11.0. The number of carbonyl (C=O) groups is 1. The van der Waals surface area contributed by atoms with Gasteiger partial charge >= 0.3 is 5.97 Å². The number of benzene rings is 1. The number of unbranched alkanes of at least 4 members (excludes halogenated alkanes) is 6. The van der Waals surface area contributed by atoms with Crippen LogP contribution in [0.3, 0.4) is 0 Å². The van der Waals surface area contributed by atoms with Crippen LogP contribution in [0.4, 0.5) is 0 Å². The molecule has 10 heteroatoms. The van der Waals surface area contributed by atoms with Crippen LogP contribution in [0, 0.1) is 6.92 Å². The SMILES string of the molecule is COC(=O)c1cc(OCCCCCCN=[N+]=[N-])c(C)c(OCCCCCCN=[N+]=[N-])c1. The predicted molar refractivity (Wildman–Crippen MR) is 118 cm³/mol. The number of rotatable bonds is 17. The highest BCUT2D eigenvalue weighted by Crippen LogP contribution is 2.31. The number of methoxy groups -OCH3 is 1. The number of hydrogen-bond acceptors (Lipinski definition) is 6. The standard InChI is InChI=1S/C21H32N6O4/c1-17-19(30-13-9-5-3-7-11-24-26-22)15-18(21(28)29-2)16-20(17)31-14-10-6-4-8-12-25-27-23/h15-16H,3-14H2,1-2H3. The van der Waals surface area contributed by atoms with Gasteiger partial charge in [0, 0.05) is 28.5 Å². The number of azide groups is 2. The number of carbonyl (C=O) groups excluding carboxylic acids is 1. The summed E-state index contributed by atoms with van der Waals surface area (Å²) in [6.45, 7) is 4.00. The summed E-state index contributed by atoms with van der Waals surface area (Å²) in [6, 6.07) is 3.37. The van der Waals surface area contributed by atoms with Crippen molar-refractivity contribution in [1.82, 2.24) is 0 Å². The van der Waals surface area contributed by atoms with Gasteiger partial charge in [0.1, 0.15) is 11.5 Å². The van der Waals surface area contributed by atoms with E-state index in [0.29, 0.717) is 43.4 Å². The van der Waals surface area contributed by atoms with Crippen molar-refractivity contribution in [1.29, 1.82) is 0 Å². The van der Waals surface area contributed by atoms with Gasteiger partial charge in [-0.3, -0.25) is 0 Å². The molecule has 0 amide bonds. The average Bonchev–Trinajstić information content (AvgIpc) is 2.78. The molecule has 0 N–H and O–H groups in total. The predicted octanol–water partition coefficient (Wildman–Crippen LogP) is 6.28. The molecule has 0 unspecified atom stereocenters. The van der Waals surface area contributed by atoms with E-state index in [-0.39, 0.29) is 0 Å². The van der Waals surface area contributed by atoms with Crippen LogP contribution in [0.2, 0.25) is 0 Å². The summed E-state index contributed by atoms with van der Waals surface area (Å²) in [5.41, 5.74) is 17.8. The zero-order chi connectivity index (χ0) is 22.7. The molecule has 0 aliphatic heterocycles. The van der Waals surface area contributed by atoms with Crippen molar-refractivity contribution in [2.24, 2.45) is 10.2 Å². The summed E-state index contributed by atoms with van der Waals surface area (Å²) < 4.78 is 16.7. The lowest BCUT2D eigenvalue weighted by Gasteiger charge is -2.16. The molecule has 1 aromatic rings. The summed E-state index contributed by atoms with van der Waals surface area (Å²) in [6.07, 6.45) is 7.35. The zero-order valence-corrected chi connectivity index (χ0v) is 18.5. The highest BCUT2D eigenvalue weighted by molar-refractivity contribution is 5.90. The number of hydrogen-bond donors (Lipinski definition) is 0. The van der Waals surface area contributed by atoms with Crippen LogP contribution < -0.4 is 9.47 Å². The minimum atomic E-state index is -0.439. The van der Waals surface area contributed by atoms with Gasteiger partial charge in [0.05, 0.1) is 25.9 Å². The third-order valence-electron chi connectivity index (χ3n) is 4.68. The van der Waals surface area contributed by atoms with Gasteiger partial charge in [-0.25, -0.2) is 4.79 Å². The fourth-order valence-corrected chi connectivity index (χ4v) is 2.93. The largest absolute Gasteiger partial charge is 0.493 e. The Morgan fingerprint density at radius 3 is 1.71 bits per heavy atom. The van der Waals surface area contributed by atoms with Crippen LogP contribution in [0.1, 0.15) is 67.3 Å². The van der Waals surface area contributed by atoms with E-state index in [0.717, 1.165) is 56.9 Å². The molecule has 0 aliphatic rings. The first-order valence-corrected chi connectivity index (χ1v) is 10.6. The Morgan fingerprint density at radius 2 is 1.29 bits per heavy atom. The molecule has 0 saturated carbocycles. The molecule has 170 valence electrons. The van der Waals surface area contributed by atoms with Crippen molar-refractivity contribution in [3.05, 3.63) is 44.1 Å². The maximum Gasteiger partial charge on any atom is 0.338 e. The van der Waals surface area contributed by atoms with Gasteiger partial charge in [-0.2, -0.15) is 0 Å². The highest BCUT2D eigenvalue weighted by Gasteiger charge is 2.15. The average molecular weight is 433 g/mol. The van der Waals surface area contributed by atoms with E-state index in [1.54, 1.807) is 12.1 Å². The fraction of sp³-hybridized carbons (Fsp3) is 0.667. The lowest BCUT2D eigenvalue weighted by molar-refractivity contribution is 0.0599. The van der Waals surface area contributed by atoms with Crippen LogP contribution in [0.5, 0.6) is 11.5 Å². The second-order valence-electron chi connectivity index (χ2n) is 7.02. The third-order valence-corrected chi connectivity index (χ3v) is 4.68. The number of ether oxygens (including phenoxy) is 3. The van der Waals surface area contributed by atoms with Crippen molar-refractivity contribution in [2.45, 2.75) is 58.3 Å². The molecule has 0 saturated heterocycles. The molecule has 0 bridgehead atoms. The molecule has 0 heterocycles. The van der Waals surface area contributed by atoms with Gasteiger partial charge in [0.2, 0.25) is 0 Å². The molecule has 10 nitrogen and oxygen atoms in total. The summed E-state index contributed by atoms with van der Waals surface area (Å²) in [4.78, 5) is 17.5. The molecule has 0 atom stereocenters. The van der Waals surface area contributed by atoms with Crippen molar-refractivity contribution in [3.8, 4) is 11.5 Å². The zero-order valence-electron chi connectivity index (χ0n) is 18.5. The maximum atomic E-state index is 12.0. The molecule has 1 rings (SSSR count). The Balaban J connectivity index is 2.56. The monoisotopic (exact) mass is 432 g/mol. The van der Waals surface area contributed by atoms with E-state index in [1.165, 1.54) is 7.11 Å². The highest BCUT2D eigenvalue weighted by atomic mass is 16.5. The van der Waals surface area contributed by atoms with Crippen molar-refractivity contribution in [2.75, 3.05) is 33.4 Å². The quantitative estimate of drug-likeness (QED) is 0.0937. The van der Waals surface area contributed by atoms with Gasteiger partial charge in [-0.05, 0) is 55.8 Å². The van der Waals surface area contributed by atoms with Crippen molar-refractivity contribution >= 4 is 5.97 Å². The minimum Gasteiger partial charge on any atom is -0.493 e. The van der Waals surface area contributed by atoms with Gasteiger partial charge in [-0.1, -0.05) is 35.9 Å². The van der Waals surface area contributed by atoms with Crippen molar-refractivity contribution in [3.63, 3.8) is 0 Å². The molecule has 0 aliphatic carbocycles. The van der Waals surface area contributed by atoms with Crippen LogP contribution in [0.25, 0.3) is 20.9 Å². The number of esters is 1. The van der Waals surface area contributed by atoms with E-state index in [9.17, 15) is 4.79 Å². The Labute approximate surface area is 183 Å². The topological polar surface area (TPSA) is 142 Å². The summed E-state index contributed by atoms with van der Waals surface area (Å²) >= 11 is 0. The minimum absolute atomic E-state index is 0.391. The van der Waals surface area contributed by atoms with E-state index in [2.05, 4.69) is 20.1 Å².